The average Bonchev–Trinajstić information content (AvgIpc) is 3.26. The fourth-order valence-electron chi connectivity index (χ4n) is 5.31. The summed E-state index contributed by atoms with van der Waals surface area (Å²) in [6.07, 6.45) is 4.22. The van der Waals surface area contributed by atoms with Crippen LogP contribution in [0.3, 0.4) is 0 Å². The zero-order valence-electron chi connectivity index (χ0n) is 20.3. The van der Waals surface area contributed by atoms with Gasteiger partial charge in [0.1, 0.15) is 11.6 Å². The smallest absolute Gasteiger partial charge is 0.226 e. The normalized spacial score (nSPS) is 29.5. The molecule has 0 spiro atoms. The largest absolute Gasteiger partial charge is 0.378 e. The molecular weight excluding hydrogens is 424 g/mol. The zero-order valence-corrected chi connectivity index (χ0v) is 20.3. The Hall–Kier alpha value is -2.41. The number of ether oxygens (including phenoxy) is 1. The van der Waals surface area contributed by atoms with E-state index in [9.17, 15) is 13.6 Å². The number of rotatable bonds is 7. The van der Waals surface area contributed by atoms with Crippen LogP contribution in [-0.4, -0.2) is 32.2 Å². The van der Waals surface area contributed by atoms with E-state index in [1.54, 1.807) is 6.08 Å². The van der Waals surface area contributed by atoms with Crippen LogP contribution in [0.15, 0.2) is 46.7 Å². The third-order valence-corrected chi connectivity index (χ3v) is 7.76. The molecule has 0 bridgehead atoms. The van der Waals surface area contributed by atoms with Gasteiger partial charge in [-0.05, 0) is 61.3 Å². The molecule has 4 atom stereocenters. The van der Waals surface area contributed by atoms with Crippen molar-refractivity contribution in [2.45, 2.75) is 53.1 Å². The summed E-state index contributed by atoms with van der Waals surface area (Å²) in [4.78, 5) is 13.3. The van der Waals surface area contributed by atoms with Gasteiger partial charge in [0.25, 0.3) is 0 Å². The highest BCUT2D eigenvalue weighted by Crippen LogP contribution is 2.58. The number of hydrogen-bond acceptors (Lipinski definition) is 4. The standard InChI is InChI=1S/C26H35F2N3O2/c1-16(12-22(31-29-6)23-20(27)8-7-9-21(23)28)19-10-11-26(5,25(19,3)4)24(32)30-14-18-13-17(2)33-15-18/h7-9,12,17-19H,1,10-11,13-15H2,2-6H3,(H,30,32)/b22-12-,31-29?/t17-,18+,19?,26?/m1/s1. The van der Waals surface area contributed by atoms with Gasteiger partial charge in [-0.2, -0.15) is 10.2 Å². The van der Waals surface area contributed by atoms with E-state index in [-0.39, 0.29) is 29.2 Å². The summed E-state index contributed by atoms with van der Waals surface area (Å²) in [5.41, 5.74) is -0.489. The SMILES string of the molecule is C=C(/C=C(\N=NC)c1c(F)cccc1F)C1CCC(C)(C(=O)NC[C@H]2CO[C@H](C)C2)C1(C)C. The average molecular weight is 460 g/mol. The highest BCUT2D eigenvalue weighted by Gasteiger charge is 2.56. The van der Waals surface area contributed by atoms with E-state index in [0.29, 0.717) is 31.1 Å². The Balaban J connectivity index is 1.80. The van der Waals surface area contributed by atoms with Gasteiger partial charge in [0.2, 0.25) is 5.91 Å². The number of carbonyl (C=O) groups excluding carboxylic acids is 1. The van der Waals surface area contributed by atoms with Crippen LogP contribution in [-0.2, 0) is 9.53 Å². The van der Waals surface area contributed by atoms with Gasteiger partial charge in [-0.15, -0.1) is 0 Å². The van der Waals surface area contributed by atoms with E-state index in [1.165, 1.54) is 25.2 Å². The lowest BCUT2D eigenvalue weighted by atomic mass is 9.63. The molecule has 1 aliphatic heterocycles. The van der Waals surface area contributed by atoms with Crippen molar-refractivity contribution in [3.63, 3.8) is 0 Å². The first-order valence-electron chi connectivity index (χ1n) is 11.6. The number of carbonyl (C=O) groups is 1. The van der Waals surface area contributed by atoms with E-state index in [2.05, 4.69) is 36.0 Å². The number of hydrogen-bond donors (Lipinski definition) is 1. The van der Waals surface area contributed by atoms with Crippen molar-refractivity contribution in [1.82, 2.24) is 5.32 Å². The predicted molar refractivity (Wildman–Crippen MR) is 125 cm³/mol. The number of benzene rings is 1. The second-order valence-electron chi connectivity index (χ2n) is 10.1. The number of allylic oxidation sites excluding steroid dienone is 2. The lowest BCUT2D eigenvalue weighted by Crippen LogP contribution is -2.48. The molecule has 3 rings (SSSR count). The lowest BCUT2D eigenvalue weighted by molar-refractivity contribution is -0.135. The first kappa shape index (κ1) is 25.2. The second kappa shape index (κ2) is 9.84. The number of nitrogens with one attached hydrogen (secondary N) is 1. The molecular formula is C26H35F2N3O2. The van der Waals surface area contributed by atoms with Gasteiger partial charge in [-0.3, -0.25) is 4.79 Å². The van der Waals surface area contributed by atoms with Gasteiger partial charge in [0.05, 0.1) is 29.4 Å². The first-order chi connectivity index (χ1) is 15.5. The summed E-state index contributed by atoms with van der Waals surface area (Å²) in [5, 5.41) is 10.9. The molecule has 0 aromatic heterocycles. The first-order valence-corrected chi connectivity index (χ1v) is 11.6. The van der Waals surface area contributed by atoms with Gasteiger partial charge < -0.3 is 10.1 Å². The molecule has 2 unspecified atom stereocenters. The van der Waals surface area contributed by atoms with Crippen molar-refractivity contribution >= 4 is 11.6 Å². The summed E-state index contributed by atoms with van der Waals surface area (Å²) in [6, 6.07) is 3.70. The summed E-state index contributed by atoms with van der Waals surface area (Å²) >= 11 is 0. The summed E-state index contributed by atoms with van der Waals surface area (Å²) in [6.45, 7) is 13.7. The molecule has 7 heteroatoms. The van der Waals surface area contributed by atoms with E-state index in [0.717, 1.165) is 12.8 Å². The molecule has 2 aliphatic rings. The molecule has 1 aromatic rings. The van der Waals surface area contributed by atoms with E-state index < -0.39 is 22.5 Å². The highest BCUT2D eigenvalue weighted by molar-refractivity contribution is 5.84. The Kier molecular flexibility index (Phi) is 7.52. The van der Waals surface area contributed by atoms with Crippen molar-refractivity contribution < 1.29 is 18.3 Å². The molecule has 0 radical (unpaired) electrons. The zero-order chi connectivity index (χ0) is 24.4. The fraction of sp³-hybridized carbons (Fsp3) is 0.577. The van der Waals surface area contributed by atoms with Crippen molar-refractivity contribution in [3.8, 4) is 0 Å². The molecule has 1 saturated carbocycles. The molecule has 5 nitrogen and oxygen atoms in total. The number of halogens is 2. The van der Waals surface area contributed by atoms with Crippen LogP contribution >= 0.6 is 0 Å². The maximum atomic E-state index is 14.4. The number of amides is 1. The molecule has 2 fully saturated rings. The van der Waals surface area contributed by atoms with Crippen molar-refractivity contribution in [1.29, 1.82) is 0 Å². The molecule has 1 heterocycles. The van der Waals surface area contributed by atoms with Gasteiger partial charge >= 0.3 is 0 Å². The molecule has 1 aromatic carbocycles. The number of azo groups is 1. The molecule has 180 valence electrons. The van der Waals surface area contributed by atoms with Gasteiger partial charge in [-0.25, -0.2) is 8.78 Å². The third kappa shape index (κ3) is 4.93. The summed E-state index contributed by atoms with van der Waals surface area (Å²) in [5.74, 6) is -1.11. The van der Waals surface area contributed by atoms with Crippen molar-refractivity contribution in [3.05, 3.63) is 53.6 Å². The van der Waals surface area contributed by atoms with Crippen molar-refractivity contribution in [2.75, 3.05) is 20.2 Å². The Labute approximate surface area is 195 Å². The molecule has 33 heavy (non-hydrogen) atoms. The third-order valence-electron chi connectivity index (χ3n) is 7.76. The minimum atomic E-state index is -0.707. The minimum absolute atomic E-state index is 0.0277. The van der Waals surface area contributed by atoms with Crippen LogP contribution in [0.1, 0.15) is 52.5 Å². The summed E-state index contributed by atoms with van der Waals surface area (Å²) in [7, 11) is 1.45. The lowest BCUT2D eigenvalue weighted by Gasteiger charge is -2.41. The topological polar surface area (TPSA) is 63.0 Å². The van der Waals surface area contributed by atoms with E-state index in [4.69, 9.17) is 4.74 Å². The van der Waals surface area contributed by atoms with Crippen LogP contribution < -0.4 is 5.32 Å². The van der Waals surface area contributed by atoms with Gasteiger partial charge in [0, 0.05) is 19.5 Å². The van der Waals surface area contributed by atoms with Crippen LogP contribution in [0.2, 0.25) is 0 Å². The van der Waals surface area contributed by atoms with Crippen molar-refractivity contribution in [2.24, 2.45) is 32.9 Å². The fourth-order valence-corrected chi connectivity index (χ4v) is 5.31. The molecule has 1 saturated heterocycles. The predicted octanol–water partition coefficient (Wildman–Crippen LogP) is 5.93. The Bertz CT molecular complexity index is 952. The molecule has 1 aliphatic carbocycles. The van der Waals surface area contributed by atoms with Crippen LogP contribution in [0.5, 0.6) is 0 Å². The monoisotopic (exact) mass is 459 g/mol. The van der Waals surface area contributed by atoms with Crippen LogP contribution in [0, 0.1) is 34.3 Å². The summed E-state index contributed by atoms with van der Waals surface area (Å²) < 4.78 is 34.4. The molecule has 1 amide bonds. The highest BCUT2D eigenvalue weighted by atomic mass is 19.1. The van der Waals surface area contributed by atoms with Gasteiger partial charge in [-0.1, -0.05) is 33.4 Å². The van der Waals surface area contributed by atoms with E-state index >= 15 is 0 Å². The van der Waals surface area contributed by atoms with Gasteiger partial charge in [0.15, 0.2) is 0 Å². The van der Waals surface area contributed by atoms with Crippen LogP contribution in [0.25, 0.3) is 5.70 Å². The number of nitrogens with zero attached hydrogens (tertiary/aromatic N) is 2. The Morgan fingerprint density at radius 3 is 2.55 bits per heavy atom. The maximum absolute atomic E-state index is 14.4. The van der Waals surface area contributed by atoms with E-state index in [1.807, 2.05) is 13.8 Å². The van der Waals surface area contributed by atoms with Crippen LogP contribution in [0.4, 0.5) is 8.78 Å². The Morgan fingerprint density at radius 2 is 1.97 bits per heavy atom. The Morgan fingerprint density at radius 1 is 1.30 bits per heavy atom. The quantitative estimate of drug-likeness (QED) is 0.406. The maximum Gasteiger partial charge on any atom is 0.226 e. The second-order valence-corrected chi connectivity index (χ2v) is 10.1. The minimum Gasteiger partial charge on any atom is -0.378 e. The molecule has 1 N–H and O–H groups in total.